The summed E-state index contributed by atoms with van der Waals surface area (Å²) in [4.78, 5) is 23.3. The molecule has 2 amide bonds. The lowest BCUT2D eigenvalue weighted by Crippen LogP contribution is -2.39. The highest BCUT2D eigenvalue weighted by Gasteiger charge is 2.34. The van der Waals surface area contributed by atoms with Crippen LogP contribution in [0.5, 0.6) is 11.5 Å². The molecule has 2 bridgehead atoms. The minimum Gasteiger partial charge on any atom is -0.493 e. The summed E-state index contributed by atoms with van der Waals surface area (Å²) in [6, 6.07) is 6.24. The average Bonchev–Trinajstić information content (AvgIpc) is 2.91. The van der Waals surface area contributed by atoms with E-state index in [1.807, 2.05) is 0 Å². The molecule has 0 saturated carbocycles. The van der Waals surface area contributed by atoms with Gasteiger partial charge in [0.25, 0.3) is 5.91 Å². The van der Waals surface area contributed by atoms with E-state index < -0.39 is 5.91 Å². The second kappa shape index (κ2) is 7.74. The van der Waals surface area contributed by atoms with Crippen molar-refractivity contribution in [3.63, 3.8) is 0 Å². The summed E-state index contributed by atoms with van der Waals surface area (Å²) in [7, 11) is 1.51. The number of benzene rings is 1. The van der Waals surface area contributed by atoms with Crippen molar-refractivity contribution in [2.45, 2.75) is 44.2 Å². The van der Waals surface area contributed by atoms with Crippen molar-refractivity contribution in [3.8, 4) is 11.5 Å². The van der Waals surface area contributed by atoms with Crippen LogP contribution in [0.3, 0.4) is 0 Å². The summed E-state index contributed by atoms with van der Waals surface area (Å²) in [6.45, 7) is -0.244. The van der Waals surface area contributed by atoms with Gasteiger partial charge in [0, 0.05) is 30.3 Å². The van der Waals surface area contributed by atoms with Crippen LogP contribution in [-0.2, 0) is 9.59 Å². The van der Waals surface area contributed by atoms with Gasteiger partial charge in [-0.05, 0) is 43.7 Å². The zero-order chi connectivity index (χ0) is 17.8. The van der Waals surface area contributed by atoms with Crippen molar-refractivity contribution in [2.24, 2.45) is 11.7 Å². The van der Waals surface area contributed by atoms with E-state index in [9.17, 15) is 9.59 Å². The van der Waals surface area contributed by atoms with E-state index in [2.05, 4.69) is 10.6 Å². The van der Waals surface area contributed by atoms with Gasteiger partial charge in [-0.1, -0.05) is 0 Å². The number of anilines is 1. The first-order chi connectivity index (χ1) is 12.0. The zero-order valence-corrected chi connectivity index (χ0v) is 14.4. The van der Waals surface area contributed by atoms with Crippen LogP contribution in [0.1, 0.15) is 32.1 Å². The number of amides is 2. The monoisotopic (exact) mass is 347 g/mol. The van der Waals surface area contributed by atoms with Gasteiger partial charge in [0.1, 0.15) is 0 Å². The Kier molecular flexibility index (Phi) is 5.43. The Morgan fingerprint density at radius 2 is 1.96 bits per heavy atom. The van der Waals surface area contributed by atoms with Gasteiger partial charge < -0.3 is 25.8 Å². The molecule has 7 heteroatoms. The minimum absolute atomic E-state index is 0.00248. The van der Waals surface area contributed by atoms with Crippen LogP contribution in [0.2, 0.25) is 0 Å². The Hall–Kier alpha value is -2.28. The Morgan fingerprint density at radius 3 is 2.60 bits per heavy atom. The fourth-order valence-corrected chi connectivity index (χ4v) is 3.83. The Balaban J connectivity index is 1.58. The molecule has 3 rings (SSSR count). The van der Waals surface area contributed by atoms with Crippen LogP contribution in [-0.4, -0.2) is 37.6 Å². The number of ether oxygens (including phenoxy) is 2. The standard InChI is InChI=1S/C18H25N3O4/c1-24-15-5-4-14(9-16(15)25-10-17(19)22)21-18(23)8-11-6-12-2-3-13(7-11)20-12/h4-5,9,11-13,20H,2-3,6-8,10H2,1H3,(H2,19,22)(H,21,23). The molecule has 2 unspecified atom stereocenters. The molecule has 0 aromatic heterocycles. The topological polar surface area (TPSA) is 103 Å². The number of hydrogen-bond acceptors (Lipinski definition) is 5. The maximum atomic E-state index is 12.4. The molecule has 0 aliphatic carbocycles. The number of nitrogens with two attached hydrogens (primary N) is 1. The number of hydrogen-bond donors (Lipinski definition) is 3. The SMILES string of the molecule is COc1ccc(NC(=O)CC2CC3CCC(C2)N3)cc1OCC(N)=O. The maximum absolute atomic E-state index is 12.4. The molecule has 1 aromatic rings. The number of piperidine rings is 1. The molecule has 2 heterocycles. The van der Waals surface area contributed by atoms with Crippen LogP contribution in [0.25, 0.3) is 0 Å². The summed E-state index contributed by atoms with van der Waals surface area (Å²) in [6.07, 6.45) is 5.11. The fourth-order valence-electron chi connectivity index (χ4n) is 3.83. The maximum Gasteiger partial charge on any atom is 0.255 e. The number of rotatable bonds is 7. The van der Waals surface area contributed by atoms with Crippen molar-refractivity contribution >= 4 is 17.5 Å². The third-order valence-electron chi connectivity index (χ3n) is 4.86. The number of primary amides is 1. The molecule has 2 aliphatic heterocycles. The van der Waals surface area contributed by atoms with E-state index in [0.717, 1.165) is 12.8 Å². The minimum atomic E-state index is -0.572. The van der Waals surface area contributed by atoms with Gasteiger partial charge >= 0.3 is 0 Å². The fraction of sp³-hybridized carbons (Fsp3) is 0.556. The van der Waals surface area contributed by atoms with E-state index in [1.54, 1.807) is 18.2 Å². The van der Waals surface area contributed by atoms with Gasteiger partial charge in [0.05, 0.1) is 7.11 Å². The van der Waals surface area contributed by atoms with Crippen LogP contribution in [0.15, 0.2) is 18.2 Å². The molecule has 7 nitrogen and oxygen atoms in total. The quantitative estimate of drug-likeness (QED) is 0.692. The van der Waals surface area contributed by atoms with Crippen molar-refractivity contribution in [1.29, 1.82) is 0 Å². The highest BCUT2D eigenvalue weighted by Crippen LogP contribution is 2.33. The van der Waals surface area contributed by atoms with Crippen molar-refractivity contribution in [3.05, 3.63) is 18.2 Å². The number of nitrogens with one attached hydrogen (secondary N) is 2. The van der Waals surface area contributed by atoms with Gasteiger partial charge in [0.15, 0.2) is 18.1 Å². The lowest BCUT2D eigenvalue weighted by atomic mass is 9.89. The molecule has 136 valence electrons. The number of methoxy groups -OCH3 is 1. The van der Waals surface area contributed by atoms with Crippen LogP contribution >= 0.6 is 0 Å². The van der Waals surface area contributed by atoms with Crippen molar-refractivity contribution in [1.82, 2.24) is 5.32 Å². The Bertz CT molecular complexity index is 637. The summed E-state index contributed by atoms with van der Waals surface area (Å²) >= 11 is 0. The van der Waals surface area contributed by atoms with Gasteiger partial charge in [-0.2, -0.15) is 0 Å². The first-order valence-corrected chi connectivity index (χ1v) is 8.68. The lowest BCUT2D eigenvalue weighted by molar-refractivity contribution is -0.120. The lowest BCUT2D eigenvalue weighted by Gasteiger charge is -2.28. The number of carbonyl (C=O) groups excluding carboxylic acids is 2. The molecule has 2 atom stereocenters. The second-order valence-corrected chi connectivity index (χ2v) is 6.85. The molecule has 25 heavy (non-hydrogen) atoms. The number of carbonyl (C=O) groups is 2. The largest absolute Gasteiger partial charge is 0.493 e. The van der Waals surface area contributed by atoms with Crippen LogP contribution in [0.4, 0.5) is 5.69 Å². The molecule has 0 radical (unpaired) electrons. The predicted molar refractivity (Wildman–Crippen MR) is 93.6 cm³/mol. The molecule has 1 aromatic carbocycles. The Morgan fingerprint density at radius 1 is 1.24 bits per heavy atom. The van der Waals surface area contributed by atoms with E-state index in [-0.39, 0.29) is 12.5 Å². The molecule has 0 spiro atoms. The zero-order valence-electron chi connectivity index (χ0n) is 14.4. The van der Waals surface area contributed by atoms with Gasteiger partial charge in [-0.15, -0.1) is 0 Å². The van der Waals surface area contributed by atoms with Gasteiger partial charge in [0.2, 0.25) is 5.91 Å². The second-order valence-electron chi connectivity index (χ2n) is 6.85. The summed E-state index contributed by atoms with van der Waals surface area (Å²) in [5, 5.41) is 6.49. The highest BCUT2D eigenvalue weighted by molar-refractivity contribution is 5.91. The van der Waals surface area contributed by atoms with Crippen LogP contribution in [0, 0.1) is 5.92 Å². The third kappa shape index (κ3) is 4.63. The van der Waals surface area contributed by atoms with Gasteiger partial charge in [-0.25, -0.2) is 0 Å². The summed E-state index contributed by atoms with van der Waals surface area (Å²) in [5.74, 6) is 0.713. The molecule has 4 N–H and O–H groups in total. The average molecular weight is 347 g/mol. The van der Waals surface area contributed by atoms with E-state index in [1.165, 1.54) is 20.0 Å². The van der Waals surface area contributed by atoms with Crippen molar-refractivity contribution < 1.29 is 19.1 Å². The van der Waals surface area contributed by atoms with Gasteiger partial charge in [-0.3, -0.25) is 9.59 Å². The van der Waals surface area contributed by atoms with Crippen molar-refractivity contribution in [2.75, 3.05) is 19.0 Å². The summed E-state index contributed by atoms with van der Waals surface area (Å²) < 4.78 is 10.5. The molecular formula is C18H25N3O4. The van der Waals surface area contributed by atoms with E-state index in [4.69, 9.17) is 15.2 Å². The third-order valence-corrected chi connectivity index (χ3v) is 4.86. The summed E-state index contributed by atoms with van der Waals surface area (Å²) in [5.41, 5.74) is 5.72. The molecular weight excluding hydrogens is 322 g/mol. The number of fused-ring (bicyclic) bond motifs is 2. The Labute approximate surface area is 147 Å². The first kappa shape index (κ1) is 17.5. The predicted octanol–water partition coefficient (Wildman–Crippen LogP) is 1.42. The first-order valence-electron chi connectivity index (χ1n) is 8.68. The molecule has 2 fully saturated rings. The molecule has 2 aliphatic rings. The van der Waals surface area contributed by atoms with E-state index >= 15 is 0 Å². The normalized spacial score (nSPS) is 24.6. The van der Waals surface area contributed by atoms with Crippen LogP contribution < -0.4 is 25.8 Å². The molecule has 2 saturated heterocycles. The highest BCUT2D eigenvalue weighted by atomic mass is 16.5. The van der Waals surface area contributed by atoms with E-state index in [0.29, 0.717) is 41.6 Å². The smallest absolute Gasteiger partial charge is 0.255 e.